The topological polar surface area (TPSA) is 88.5 Å². The zero-order valence-electron chi connectivity index (χ0n) is 13.4. The fraction of sp³-hybridized carbons (Fsp3) is 0.353. The number of nitrogens with zero attached hydrogens (tertiary/aromatic N) is 1. The van der Waals surface area contributed by atoms with Gasteiger partial charge in [-0.25, -0.2) is 9.78 Å². The van der Waals surface area contributed by atoms with Gasteiger partial charge in [-0.1, -0.05) is 12.1 Å². The molecule has 1 aromatic heterocycles. The van der Waals surface area contributed by atoms with Gasteiger partial charge in [-0.15, -0.1) is 11.3 Å². The molecule has 0 aliphatic rings. The van der Waals surface area contributed by atoms with E-state index in [4.69, 9.17) is 9.84 Å². The Hall–Kier alpha value is -2.41. The normalized spacial score (nSPS) is 10.4. The van der Waals surface area contributed by atoms with E-state index in [-0.39, 0.29) is 11.6 Å². The number of aromatic carboxylic acids is 1. The standard InChI is InChI=1S/C17H20N2O4S/c1-2-23-13-6-3-12(4-7-13)5-8-15(20)18-10-9-16-19-14(11-24-16)17(21)22/h3-4,6-7,11H,2,5,8-10H2,1H3,(H,18,20)(H,21,22). The summed E-state index contributed by atoms with van der Waals surface area (Å²) >= 11 is 1.29. The highest BCUT2D eigenvalue weighted by molar-refractivity contribution is 7.09. The average molecular weight is 348 g/mol. The van der Waals surface area contributed by atoms with E-state index >= 15 is 0 Å². The van der Waals surface area contributed by atoms with Gasteiger partial charge in [-0.2, -0.15) is 0 Å². The van der Waals surface area contributed by atoms with Crippen molar-refractivity contribution in [2.45, 2.75) is 26.2 Å². The van der Waals surface area contributed by atoms with E-state index in [2.05, 4.69) is 10.3 Å². The van der Waals surface area contributed by atoms with Crippen LogP contribution in [0, 0.1) is 0 Å². The summed E-state index contributed by atoms with van der Waals surface area (Å²) in [7, 11) is 0. The number of benzene rings is 1. The number of aromatic nitrogens is 1. The molecule has 0 aliphatic heterocycles. The number of aryl methyl sites for hydroxylation is 1. The molecule has 0 aliphatic carbocycles. The minimum Gasteiger partial charge on any atom is -0.494 e. The number of amides is 1. The van der Waals surface area contributed by atoms with Crippen LogP contribution in [0.15, 0.2) is 29.6 Å². The Balaban J connectivity index is 1.68. The molecular formula is C17H20N2O4S. The molecular weight excluding hydrogens is 328 g/mol. The van der Waals surface area contributed by atoms with Crippen LogP contribution in [-0.2, 0) is 17.6 Å². The molecule has 2 N–H and O–H groups in total. The Morgan fingerprint density at radius 2 is 2.00 bits per heavy atom. The average Bonchev–Trinajstić information content (AvgIpc) is 3.04. The molecule has 0 bridgehead atoms. The Bertz CT molecular complexity index is 682. The van der Waals surface area contributed by atoms with Crippen LogP contribution in [0.25, 0.3) is 0 Å². The monoisotopic (exact) mass is 348 g/mol. The molecule has 24 heavy (non-hydrogen) atoms. The molecule has 2 rings (SSSR count). The van der Waals surface area contributed by atoms with Gasteiger partial charge in [0.25, 0.3) is 0 Å². The first-order chi connectivity index (χ1) is 11.6. The molecule has 0 saturated heterocycles. The first-order valence-corrected chi connectivity index (χ1v) is 8.62. The summed E-state index contributed by atoms with van der Waals surface area (Å²) in [6.07, 6.45) is 1.61. The Morgan fingerprint density at radius 1 is 1.25 bits per heavy atom. The van der Waals surface area contributed by atoms with Crippen LogP contribution in [0.4, 0.5) is 0 Å². The number of carbonyl (C=O) groups excluding carboxylic acids is 1. The summed E-state index contributed by atoms with van der Waals surface area (Å²) in [5.41, 5.74) is 1.14. The number of carboxylic acid groups (broad SMARTS) is 1. The van der Waals surface area contributed by atoms with Gasteiger partial charge in [0.2, 0.25) is 5.91 Å². The first-order valence-electron chi connectivity index (χ1n) is 7.74. The predicted molar refractivity (Wildman–Crippen MR) is 91.7 cm³/mol. The summed E-state index contributed by atoms with van der Waals surface area (Å²) in [4.78, 5) is 26.6. The molecule has 2 aromatic rings. The third kappa shape index (κ3) is 5.66. The van der Waals surface area contributed by atoms with E-state index < -0.39 is 5.97 Å². The molecule has 0 saturated carbocycles. The van der Waals surface area contributed by atoms with Crippen molar-refractivity contribution in [1.82, 2.24) is 10.3 Å². The largest absolute Gasteiger partial charge is 0.494 e. The van der Waals surface area contributed by atoms with Gasteiger partial charge < -0.3 is 15.2 Å². The Labute approximate surface area is 144 Å². The SMILES string of the molecule is CCOc1ccc(CCC(=O)NCCc2nc(C(=O)O)cs2)cc1. The van der Waals surface area contributed by atoms with Crippen molar-refractivity contribution in [3.63, 3.8) is 0 Å². The van der Waals surface area contributed by atoms with Crippen molar-refractivity contribution in [2.75, 3.05) is 13.2 Å². The second-order valence-corrected chi connectivity index (χ2v) is 6.05. The quantitative estimate of drug-likeness (QED) is 0.727. The molecule has 7 heteroatoms. The highest BCUT2D eigenvalue weighted by Crippen LogP contribution is 2.13. The maximum absolute atomic E-state index is 11.8. The minimum absolute atomic E-state index is 0.0288. The number of hydrogen-bond donors (Lipinski definition) is 2. The number of hydrogen-bond acceptors (Lipinski definition) is 5. The maximum atomic E-state index is 11.8. The molecule has 1 aromatic carbocycles. The van der Waals surface area contributed by atoms with Gasteiger partial charge in [0.15, 0.2) is 5.69 Å². The van der Waals surface area contributed by atoms with Crippen molar-refractivity contribution in [3.8, 4) is 5.75 Å². The second kappa shape index (κ2) is 9.02. The van der Waals surface area contributed by atoms with Crippen LogP contribution < -0.4 is 10.1 Å². The fourth-order valence-electron chi connectivity index (χ4n) is 2.10. The lowest BCUT2D eigenvalue weighted by Gasteiger charge is -2.06. The van der Waals surface area contributed by atoms with E-state index in [1.807, 2.05) is 31.2 Å². The molecule has 0 spiro atoms. The van der Waals surface area contributed by atoms with E-state index in [1.54, 1.807) is 0 Å². The predicted octanol–water partition coefficient (Wildman–Crippen LogP) is 2.53. The number of carboxylic acids is 1. The molecule has 1 heterocycles. The number of rotatable bonds is 9. The molecule has 0 fully saturated rings. The van der Waals surface area contributed by atoms with E-state index in [9.17, 15) is 9.59 Å². The smallest absolute Gasteiger partial charge is 0.355 e. The maximum Gasteiger partial charge on any atom is 0.355 e. The Morgan fingerprint density at radius 3 is 2.62 bits per heavy atom. The van der Waals surface area contributed by atoms with Crippen molar-refractivity contribution >= 4 is 23.2 Å². The summed E-state index contributed by atoms with van der Waals surface area (Å²) < 4.78 is 5.38. The number of nitrogens with one attached hydrogen (secondary N) is 1. The number of carbonyl (C=O) groups is 2. The third-order valence-electron chi connectivity index (χ3n) is 3.31. The van der Waals surface area contributed by atoms with Crippen molar-refractivity contribution < 1.29 is 19.4 Å². The summed E-state index contributed by atoms with van der Waals surface area (Å²) in [6, 6.07) is 7.72. The summed E-state index contributed by atoms with van der Waals surface area (Å²) in [5, 5.41) is 13.8. The lowest BCUT2D eigenvalue weighted by atomic mass is 10.1. The molecule has 128 valence electrons. The van der Waals surface area contributed by atoms with Crippen molar-refractivity contribution in [1.29, 1.82) is 0 Å². The van der Waals surface area contributed by atoms with Crippen LogP contribution in [0.2, 0.25) is 0 Å². The minimum atomic E-state index is -1.03. The lowest BCUT2D eigenvalue weighted by Crippen LogP contribution is -2.25. The first kappa shape index (κ1) is 17.9. The van der Waals surface area contributed by atoms with Crippen LogP contribution >= 0.6 is 11.3 Å². The van der Waals surface area contributed by atoms with Gasteiger partial charge in [0, 0.05) is 24.8 Å². The van der Waals surface area contributed by atoms with E-state index in [0.717, 1.165) is 11.3 Å². The summed E-state index contributed by atoms with van der Waals surface area (Å²) in [5.74, 6) is -0.231. The Kier molecular flexibility index (Phi) is 6.74. The van der Waals surface area contributed by atoms with E-state index in [0.29, 0.717) is 37.4 Å². The van der Waals surface area contributed by atoms with Gasteiger partial charge in [0.1, 0.15) is 5.75 Å². The van der Waals surface area contributed by atoms with Crippen molar-refractivity contribution in [3.05, 3.63) is 45.9 Å². The van der Waals surface area contributed by atoms with Crippen LogP contribution in [0.1, 0.15) is 34.4 Å². The van der Waals surface area contributed by atoms with Crippen LogP contribution in [0.3, 0.4) is 0 Å². The molecule has 1 amide bonds. The molecule has 6 nitrogen and oxygen atoms in total. The highest BCUT2D eigenvalue weighted by atomic mass is 32.1. The molecule has 0 atom stereocenters. The number of ether oxygens (including phenoxy) is 1. The molecule has 0 radical (unpaired) electrons. The van der Waals surface area contributed by atoms with Crippen molar-refractivity contribution in [2.24, 2.45) is 0 Å². The molecule has 0 unspecified atom stereocenters. The lowest BCUT2D eigenvalue weighted by molar-refractivity contribution is -0.121. The highest BCUT2D eigenvalue weighted by Gasteiger charge is 2.09. The van der Waals surface area contributed by atoms with Gasteiger partial charge in [-0.05, 0) is 31.0 Å². The zero-order valence-corrected chi connectivity index (χ0v) is 14.3. The van der Waals surface area contributed by atoms with E-state index in [1.165, 1.54) is 16.7 Å². The number of thiazole rings is 1. The summed E-state index contributed by atoms with van der Waals surface area (Å²) in [6.45, 7) is 3.02. The van der Waals surface area contributed by atoms with Gasteiger partial charge in [-0.3, -0.25) is 4.79 Å². The van der Waals surface area contributed by atoms with Crippen LogP contribution in [-0.4, -0.2) is 35.1 Å². The van der Waals surface area contributed by atoms with Gasteiger partial charge >= 0.3 is 5.97 Å². The van der Waals surface area contributed by atoms with Crippen LogP contribution in [0.5, 0.6) is 5.75 Å². The van der Waals surface area contributed by atoms with Gasteiger partial charge in [0.05, 0.1) is 11.6 Å². The zero-order chi connectivity index (χ0) is 17.4. The fourth-order valence-corrected chi connectivity index (χ4v) is 2.87. The second-order valence-electron chi connectivity index (χ2n) is 5.11. The third-order valence-corrected chi connectivity index (χ3v) is 4.22.